The maximum absolute atomic E-state index is 12.8. The van der Waals surface area contributed by atoms with Crippen LogP contribution in [0.25, 0.3) is 32.7 Å². The molecule has 0 N–H and O–H groups in total. The van der Waals surface area contributed by atoms with E-state index in [0.717, 1.165) is 8.47 Å². The van der Waals surface area contributed by atoms with Crippen LogP contribution in [0.4, 0.5) is 0 Å². The van der Waals surface area contributed by atoms with Gasteiger partial charge in [-0.25, -0.2) is 4.79 Å². The molecule has 180 valence electrons. The van der Waals surface area contributed by atoms with E-state index in [4.69, 9.17) is 4.74 Å². The van der Waals surface area contributed by atoms with Gasteiger partial charge in [0.1, 0.15) is 46.9 Å². The summed E-state index contributed by atoms with van der Waals surface area (Å²) in [6.07, 6.45) is 0. The van der Waals surface area contributed by atoms with Gasteiger partial charge in [-0.2, -0.15) is 21.0 Å². The summed E-state index contributed by atoms with van der Waals surface area (Å²) in [4.78, 5) is 13.3. The van der Waals surface area contributed by atoms with Crippen LogP contribution in [-0.2, 0) is 16.1 Å². The number of ether oxygens (including phenoxy) is 1. The lowest BCUT2D eigenvalue weighted by molar-refractivity contribution is -0.139. The standard InChI is InChI=1S/C28H12N4O2S4/c29-10-17(11-30)24-19-3-1-2-4-20(19)25(18(12-31)13-32)22-9-16(5-6-21(22)24)14-34-26(33)23-15-37-28(38-23)27-35-7-8-36-27/h1-9,15H,14H2. The second-order valence-electron chi connectivity index (χ2n) is 7.73. The molecule has 0 radical (unpaired) electrons. The van der Waals surface area contributed by atoms with Crippen LogP contribution in [0.15, 0.2) is 72.1 Å². The number of rotatable bonds is 3. The van der Waals surface area contributed by atoms with Crippen molar-refractivity contribution in [2.75, 3.05) is 0 Å². The molecule has 0 saturated carbocycles. The lowest BCUT2D eigenvalue weighted by Gasteiger charge is -2.11. The fourth-order valence-electron chi connectivity index (χ4n) is 4.09. The fourth-order valence-corrected chi connectivity index (χ4v) is 8.42. The molecule has 6 nitrogen and oxygen atoms in total. The largest absolute Gasteiger partial charge is 0.457 e. The van der Waals surface area contributed by atoms with E-state index in [2.05, 4.69) is 0 Å². The molecule has 0 bridgehead atoms. The average molecular weight is 565 g/mol. The minimum atomic E-state index is -0.440. The highest BCUT2D eigenvalue weighted by molar-refractivity contribution is 8.33. The Bertz CT molecular complexity index is 1910. The summed E-state index contributed by atoms with van der Waals surface area (Å²) < 4.78 is 7.77. The molecule has 10 heteroatoms. The molecule has 3 aromatic rings. The number of carbonyl (C=O) groups is 1. The summed E-state index contributed by atoms with van der Waals surface area (Å²) in [5, 5.41) is 47.7. The number of benzene rings is 3. The number of nitrogens with zero attached hydrogens (tertiary/aromatic N) is 4. The monoisotopic (exact) mass is 564 g/mol. The van der Waals surface area contributed by atoms with E-state index in [-0.39, 0.29) is 17.8 Å². The zero-order valence-electron chi connectivity index (χ0n) is 19.2. The van der Waals surface area contributed by atoms with E-state index in [0.29, 0.717) is 42.5 Å². The maximum atomic E-state index is 12.8. The zero-order valence-corrected chi connectivity index (χ0v) is 22.5. The Labute approximate surface area is 234 Å². The van der Waals surface area contributed by atoms with E-state index in [1.54, 1.807) is 71.4 Å². The Morgan fingerprint density at radius 1 is 0.737 bits per heavy atom. The van der Waals surface area contributed by atoms with Gasteiger partial charge < -0.3 is 4.74 Å². The molecule has 2 aliphatic rings. The lowest BCUT2D eigenvalue weighted by Crippen LogP contribution is -2.19. The second-order valence-corrected chi connectivity index (χ2v) is 12.0. The third-order valence-electron chi connectivity index (χ3n) is 5.65. The number of fused-ring (bicyclic) bond motifs is 2. The van der Waals surface area contributed by atoms with Gasteiger partial charge in [0.05, 0.1) is 8.47 Å². The van der Waals surface area contributed by atoms with Crippen molar-refractivity contribution in [2.45, 2.75) is 6.61 Å². The summed E-state index contributed by atoms with van der Waals surface area (Å²) in [6, 6.07) is 20.2. The third-order valence-corrected chi connectivity index (χ3v) is 10.7. The quantitative estimate of drug-likeness (QED) is 0.284. The highest BCUT2D eigenvalue weighted by Crippen LogP contribution is 2.53. The Balaban J connectivity index is 1.59. The molecule has 38 heavy (non-hydrogen) atoms. The molecule has 2 aliphatic heterocycles. The minimum absolute atomic E-state index is 0.0303. The van der Waals surface area contributed by atoms with Crippen LogP contribution in [0.1, 0.15) is 5.56 Å². The van der Waals surface area contributed by atoms with Gasteiger partial charge in [0.15, 0.2) is 0 Å². The normalized spacial score (nSPS) is 13.9. The maximum Gasteiger partial charge on any atom is 0.345 e. The van der Waals surface area contributed by atoms with Crippen LogP contribution in [0.2, 0.25) is 0 Å². The zero-order chi connectivity index (χ0) is 26.6. The summed E-state index contributed by atoms with van der Waals surface area (Å²) >= 11 is 6.13. The number of nitriles is 4. The van der Waals surface area contributed by atoms with Crippen molar-refractivity contribution < 1.29 is 9.53 Å². The molecule has 3 aromatic carbocycles. The summed E-state index contributed by atoms with van der Waals surface area (Å²) in [5.74, 6) is -0.440. The molecule has 0 amide bonds. The summed E-state index contributed by atoms with van der Waals surface area (Å²) in [5.41, 5.74) is 0.471. The van der Waals surface area contributed by atoms with Crippen molar-refractivity contribution in [3.05, 3.63) is 88.1 Å². The van der Waals surface area contributed by atoms with E-state index < -0.39 is 5.97 Å². The van der Waals surface area contributed by atoms with Gasteiger partial charge in [0.25, 0.3) is 0 Å². The van der Waals surface area contributed by atoms with Crippen LogP contribution in [0.3, 0.4) is 0 Å². The molecule has 0 aliphatic carbocycles. The predicted molar refractivity (Wildman–Crippen MR) is 154 cm³/mol. The molecule has 0 saturated heterocycles. The molecular weight excluding hydrogens is 553 g/mol. The predicted octanol–water partition coefficient (Wildman–Crippen LogP) is 5.83. The van der Waals surface area contributed by atoms with Gasteiger partial charge in [-0.1, -0.05) is 83.4 Å². The first-order valence-electron chi connectivity index (χ1n) is 10.9. The van der Waals surface area contributed by atoms with Crippen molar-refractivity contribution in [3.63, 3.8) is 0 Å². The van der Waals surface area contributed by atoms with Gasteiger partial charge in [-0.05, 0) is 49.4 Å². The number of hydrogen-bond acceptors (Lipinski definition) is 10. The third kappa shape index (κ3) is 4.68. The Morgan fingerprint density at radius 2 is 1.32 bits per heavy atom. The Kier molecular flexibility index (Phi) is 7.52. The first kappa shape index (κ1) is 25.6. The number of thioether (sulfide) groups is 4. The average Bonchev–Trinajstić information content (AvgIpc) is 3.66. The Morgan fingerprint density at radius 3 is 1.92 bits per heavy atom. The molecule has 5 rings (SSSR count). The highest BCUT2D eigenvalue weighted by atomic mass is 32.2. The molecule has 0 atom stereocenters. The van der Waals surface area contributed by atoms with Gasteiger partial charge in [0, 0.05) is 10.4 Å². The van der Waals surface area contributed by atoms with E-state index in [1.165, 1.54) is 23.5 Å². The van der Waals surface area contributed by atoms with E-state index >= 15 is 0 Å². The van der Waals surface area contributed by atoms with Crippen LogP contribution in [0, 0.1) is 45.3 Å². The van der Waals surface area contributed by atoms with Crippen molar-refractivity contribution in [1.82, 2.24) is 0 Å². The summed E-state index contributed by atoms with van der Waals surface area (Å²) in [7, 11) is 0. The van der Waals surface area contributed by atoms with Crippen LogP contribution in [-0.4, -0.2) is 5.97 Å². The first-order valence-corrected chi connectivity index (χ1v) is 14.3. The van der Waals surface area contributed by atoms with E-state index in [9.17, 15) is 25.8 Å². The van der Waals surface area contributed by atoms with E-state index in [1.807, 2.05) is 35.1 Å². The van der Waals surface area contributed by atoms with Crippen molar-refractivity contribution in [1.29, 1.82) is 21.0 Å². The molecule has 2 heterocycles. The molecular formula is C28H12N4O2S4. The minimum Gasteiger partial charge on any atom is -0.457 e. The lowest BCUT2D eigenvalue weighted by atomic mass is 9.93. The highest BCUT2D eigenvalue weighted by Gasteiger charge is 2.24. The molecule has 0 fully saturated rings. The van der Waals surface area contributed by atoms with Crippen molar-refractivity contribution in [3.8, 4) is 24.3 Å². The van der Waals surface area contributed by atoms with Crippen LogP contribution in [0.5, 0.6) is 0 Å². The van der Waals surface area contributed by atoms with Crippen molar-refractivity contribution in [2.24, 2.45) is 0 Å². The smallest absolute Gasteiger partial charge is 0.345 e. The van der Waals surface area contributed by atoms with Gasteiger partial charge in [-0.15, -0.1) is 0 Å². The number of hydrogen-bond donors (Lipinski definition) is 0. The van der Waals surface area contributed by atoms with Crippen LogP contribution < -0.4 is 10.4 Å². The van der Waals surface area contributed by atoms with Crippen LogP contribution >= 0.6 is 47.0 Å². The molecule has 0 spiro atoms. The topological polar surface area (TPSA) is 121 Å². The Hall–Kier alpha value is -4.03. The summed E-state index contributed by atoms with van der Waals surface area (Å²) in [6.45, 7) is -0.0303. The molecule has 0 aromatic heterocycles. The van der Waals surface area contributed by atoms with Gasteiger partial charge in [-0.3, -0.25) is 0 Å². The SMILES string of the molecule is N#CC(C#N)=c1c2ccccc2c(=C(C#N)C#N)c2cc(COC(=O)C3=CSC(=C4SC=CS4)S3)ccc12. The van der Waals surface area contributed by atoms with Gasteiger partial charge >= 0.3 is 5.97 Å². The second kappa shape index (κ2) is 11.2. The van der Waals surface area contributed by atoms with Gasteiger partial charge in [0.2, 0.25) is 0 Å². The number of esters is 1. The number of carbonyl (C=O) groups excluding carboxylic acids is 1. The fraction of sp³-hybridized carbons (Fsp3) is 0.0357. The molecule has 0 unspecified atom stereocenters. The van der Waals surface area contributed by atoms with Crippen molar-refractivity contribution >= 4 is 85.7 Å². The first-order chi connectivity index (χ1) is 18.6.